The standard InChI is InChI=1S/C30H30ClN3O3/c1-5-22-17-33(25-14-18(3)19(4)15-26(25)34(22)30(36)37-6-2)29(35)28-27(20-10-8-7-9-11-20)23-16-21(31)12-13-24(23)32-28/h7-16,22,32H,5-6,17H2,1-4H3. The maximum absolute atomic E-state index is 14.4. The summed E-state index contributed by atoms with van der Waals surface area (Å²) in [6, 6.07) is 19.2. The third-order valence-electron chi connectivity index (χ3n) is 7.12. The molecule has 0 spiro atoms. The van der Waals surface area contributed by atoms with Crippen LogP contribution >= 0.6 is 11.6 Å². The molecule has 7 heteroatoms. The number of hydrogen-bond donors (Lipinski definition) is 1. The van der Waals surface area contributed by atoms with Gasteiger partial charge in [0.05, 0.1) is 24.0 Å². The first-order valence-electron chi connectivity index (χ1n) is 12.6. The fraction of sp³-hybridized carbons (Fsp3) is 0.267. The van der Waals surface area contributed by atoms with Gasteiger partial charge in [0.25, 0.3) is 5.91 Å². The zero-order chi connectivity index (χ0) is 26.3. The molecule has 2 heterocycles. The highest BCUT2D eigenvalue weighted by Crippen LogP contribution is 2.41. The van der Waals surface area contributed by atoms with Gasteiger partial charge in [0.1, 0.15) is 5.69 Å². The normalized spacial score (nSPS) is 15.1. The predicted octanol–water partition coefficient (Wildman–Crippen LogP) is 7.51. The number of aromatic amines is 1. The number of benzene rings is 3. The van der Waals surface area contributed by atoms with Crippen LogP contribution in [-0.4, -0.2) is 36.2 Å². The number of carbonyl (C=O) groups is 2. The first-order valence-corrected chi connectivity index (χ1v) is 13.0. The maximum atomic E-state index is 14.4. The van der Waals surface area contributed by atoms with Crippen molar-refractivity contribution in [2.75, 3.05) is 23.0 Å². The van der Waals surface area contributed by atoms with E-state index in [-0.39, 0.29) is 18.6 Å². The zero-order valence-electron chi connectivity index (χ0n) is 21.5. The van der Waals surface area contributed by atoms with Crippen molar-refractivity contribution in [1.29, 1.82) is 0 Å². The van der Waals surface area contributed by atoms with E-state index < -0.39 is 6.09 Å². The molecule has 1 N–H and O–H groups in total. The highest BCUT2D eigenvalue weighted by molar-refractivity contribution is 6.31. The molecule has 4 aromatic rings. The molecule has 6 nitrogen and oxygen atoms in total. The minimum absolute atomic E-state index is 0.155. The Morgan fingerprint density at radius 1 is 1.00 bits per heavy atom. The molecule has 0 saturated carbocycles. The van der Waals surface area contributed by atoms with Gasteiger partial charge < -0.3 is 14.6 Å². The third kappa shape index (κ3) is 4.36. The molecule has 1 atom stereocenters. The largest absolute Gasteiger partial charge is 0.449 e. The Morgan fingerprint density at radius 2 is 1.70 bits per heavy atom. The maximum Gasteiger partial charge on any atom is 0.414 e. The van der Waals surface area contributed by atoms with E-state index >= 15 is 0 Å². The monoisotopic (exact) mass is 515 g/mol. The summed E-state index contributed by atoms with van der Waals surface area (Å²) in [6.45, 7) is 8.48. The van der Waals surface area contributed by atoms with E-state index in [0.29, 0.717) is 35.1 Å². The first-order chi connectivity index (χ1) is 17.8. The lowest BCUT2D eigenvalue weighted by Crippen LogP contribution is -2.53. The van der Waals surface area contributed by atoms with Crippen LogP contribution in [0.3, 0.4) is 0 Å². The van der Waals surface area contributed by atoms with Gasteiger partial charge in [-0.05, 0) is 74.2 Å². The zero-order valence-corrected chi connectivity index (χ0v) is 22.2. The number of rotatable bonds is 4. The van der Waals surface area contributed by atoms with Crippen LogP contribution in [0.25, 0.3) is 22.0 Å². The molecule has 0 aliphatic carbocycles. The molecule has 1 aromatic heterocycles. The minimum Gasteiger partial charge on any atom is -0.449 e. The number of hydrogen-bond acceptors (Lipinski definition) is 3. The minimum atomic E-state index is -0.392. The second kappa shape index (κ2) is 9.94. The number of H-pyrrole nitrogens is 1. The fourth-order valence-electron chi connectivity index (χ4n) is 5.09. The highest BCUT2D eigenvalue weighted by Gasteiger charge is 2.38. The summed E-state index contributed by atoms with van der Waals surface area (Å²) in [7, 11) is 0. The number of fused-ring (bicyclic) bond motifs is 2. The van der Waals surface area contributed by atoms with Crippen LogP contribution in [0, 0.1) is 13.8 Å². The van der Waals surface area contributed by atoms with E-state index in [4.69, 9.17) is 16.3 Å². The molecule has 1 aliphatic heterocycles. The van der Waals surface area contributed by atoms with Gasteiger partial charge in [0.15, 0.2) is 0 Å². The summed E-state index contributed by atoms with van der Waals surface area (Å²) >= 11 is 6.37. The average molecular weight is 516 g/mol. The molecule has 1 aliphatic rings. The topological polar surface area (TPSA) is 65.6 Å². The Morgan fingerprint density at radius 3 is 2.38 bits per heavy atom. The van der Waals surface area contributed by atoms with Crippen molar-refractivity contribution >= 4 is 45.9 Å². The van der Waals surface area contributed by atoms with Crippen molar-refractivity contribution in [2.24, 2.45) is 0 Å². The third-order valence-corrected chi connectivity index (χ3v) is 7.35. The Bertz CT molecular complexity index is 1500. The Kier molecular flexibility index (Phi) is 6.69. The van der Waals surface area contributed by atoms with Gasteiger partial charge in [0, 0.05) is 28.0 Å². The van der Waals surface area contributed by atoms with E-state index in [0.717, 1.165) is 33.2 Å². The Hall–Kier alpha value is -3.77. The molecule has 1 unspecified atom stereocenters. The molecule has 2 amide bonds. The summed E-state index contributed by atoms with van der Waals surface area (Å²) in [5.41, 5.74) is 6.54. The molecule has 0 bridgehead atoms. The van der Waals surface area contributed by atoms with Gasteiger partial charge in [-0.2, -0.15) is 0 Å². The van der Waals surface area contributed by atoms with Crippen molar-refractivity contribution in [3.05, 3.63) is 82.5 Å². The van der Waals surface area contributed by atoms with E-state index in [1.807, 2.05) is 81.4 Å². The summed E-state index contributed by atoms with van der Waals surface area (Å²) in [6.07, 6.45) is 0.277. The molecule has 5 rings (SSSR count). The van der Waals surface area contributed by atoms with Gasteiger partial charge in [-0.25, -0.2) is 4.79 Å². The lowest BCUT2D eigenvalue weighted by atomic mass is 9.98. The van der Waals surface area contributed by atoms with Crippen LogP contribution in [0.5, 0.6) is 0 Å². The first kappa shape index (κ1) is 24.9. The average Bonchev–Trinajstić information content (AvgIpc) is 3.27. The number of nitrogens with one attached hydrogen (secondary N) is 1. The van der Waals surface area contributed by atoms with Crippen molar-refractivity contribution in [2.45, 2.75) is 40.2 Å². The van der Waals surface area contributed by atoms with Crippen molar-refractivity contribution < 1.29 is 14.3 Å². The molecule has 0 radical (unpaired) electrons. The number of carbonyl (C=O) groups excluding carboxylic acids is 2. The number of anilines is 2. The van der Waals surface area contributed by atoms with Gasteiger partial charge in [-0.1, -0.05) is 48.9 Å². The van der Waals surface area contributed by atoms with Gasteiger partial charge in [0.2, 0.25) is 0 Å². The van der Waals surface area contributed by atoms with Gasteiger partial charge >= 0.3 is 6.09 Å². The van der Waals surface area contributed by atoms with Crippen LogP contribution in [0.2, 0.25) is 5.02 Å². The van der Waals surface area contributed by atoms with Gasteiger partial charge in [-0.3, -0.25) is 9.69 Å². The number of halogens is 1. The number of aromatic nitrogens is 1. The SMILES string of the molecule is CCOC(=O)N1c2cc(C)c(C)cc2N(C(=O)c2[nH]c3ccc(Cl)cc3c2-c2ccccc2)CC1CC. The summed E-state index contributed by atoms with van der Waals surface area (Å²) < 4.78 is 5.41. The summed E-state index contributed by atoms with van der Waals surface area (Å²) in [5, 5.41) is 1.49. The van der Waals surface area contributed by atoms with Crippen LogP contribution < -0.4 is 9.80 Å². The van der Waals surface area contributed by atoms with E-state index in [1.165, 1.54) is 0 Å². The van der Waals surface area contributed by atoms with Crippen molar-refractivity contribution in [3.8, 4) is 11.1 Å². The van der Waals surface area contributed by atoms with E-state index in [2.05, 4.69) is 4.98 Å². The summed E-state index contributed by atoms with van der Waals surface area (Å²) in [4.78, 5) is 34.3. The van der Waals surface area contributed by atoms with Crippen molar-refractivity contribution in [3.63, 3.8) is 0 Å². The molecule has 37 heavy (non-hydrogen) atoms. The Labute approximate surface area is 221 Å². The predicted molar refractivity (Wildman–Crippen MR) is 150 cm³/mol. The molecule has 190 valence electrons. The van der Waals surface area contributed by atoms with Crippen LogP contribution in [0.1, 0.15) is 41.9 Å². The smallest absolute Gasteiger partial charge is 0.414 e. The quantitative estimate of drug-likeness (QED) is 0.306. The fourth-order valence-corrected chi connectivity index (χ4v) is 5.26. The molecular formula is C30H30ClN3O3. The second-order valence-electron chi connectivity index (χ2n) is 9.40. The van der Waals surface area contributed by atoms with Crippen molar-refractivity contribution in [1.82, 2.24) is 4.98 Å². The van der Waals surface area contributed by atoms with Crippen LogP contribution in [-0.2, 0) is 4.74 Å². The molecule has 3 aromatic carbocycles. The number of amides is 2. The molecule has 0 saturated heterocycles. The van der Waals surface area contributed by atoms with E-state index in [1.54, 1.807) is 16.7 Å². The lowest BCUT2D eigenvalue weighted by molar-refractivity contribution is 0.0978. The molecular weight excluding hydrogens is 486 g/mol. The number of aryl methyl sites for hydroxylation is 2. The number of nitrogens with zero attached hydrogens (tertiary/aromatic N) is 2. The van der Waals surface area contributed by atoms with Crippen LogP contribution in [0.4, 0.5) is 16.2 Å². The Balaban J connectivity index is 1.70. The summed E-state index contributed by atoms with van der Waals surface area (Å²) in [5.74, 6) is -0.155. The van der Waals surface area contributed by atoms with E-state index in [9.17, 15) is 9.59 Å². The van der Waals surface area contributed by atoms with Crippen LogP contribution in [0.15, 0.2) is 60.7 Å². The van der Waals surface area contributed by atoms with Gasteiger partial charge in [-0.15, -0.1) is 0 Å². The highest BCUT2D eigenvalue weighted by atomic mass is 35.5. The molecule has 0 fully saturated rings. The second-order valence-corrected chi connectivity index (χ2v) is 9.84. The number of ether oxygens (including phenoxy) is 1. The lowest BCUT2D eigenvalue weighted by Gasteiger charge is -2.42.